The summed E-state index contributed by atoms with van der Waals surface area (Å²) in [5, 5.41) is 0. The lowest BCUT2D eigenvalue weighted by Gasteiger charge is -2.73. The zero-order chi connectivity index (χ0) is 22.2. The molecule has 3 spiro atoms. The van der Waals surface area contributed by atoms with Crippen LogP contribution in [-0.2, 0) is 21.3 Å². The minimum absolute atomic E-state index is 0.0144. The molecule has 0 radical (unpaired) electrons. The second kappa shape index (κ2) is 5.98. The van der Waals surface area contributed by atoms with E-state index in [4.69, 9.17) is 18.9 Å². The van der Waals surface area contributed by atoms with Crippen LogP contribution >= 0.6 is 0 Å². The molecule has 2 saturated carbocycles. The number of hydrogen-bond acceptors (Lipinski definition) is 5. The van der Waals surface area contributed by atoms with Gasteiger partial charge in [0.1, 0.15) is 18.5 Å². The monoisotopic (exact) mass is 449 g/mol. The van der Waals surface area contributed by atoms with E-state index in [1.807, 2.05) is 0 Å². The molecule has 5 aliphatic carbocycles. The molecule has 5 nitrogen and oxygen atoms in total. The quantitative estimate of drug-likeness (QED) is 0.644. The molecule has 0 amide bonds. The summed E-state index contributed by atoms with van der Waals surface area (Å²) in [5.74, 6) is 3.06. The smallest absolute Gasteiger partial charge is 0.166 e. The minimum atomic E-state index is -0.438. The summed E-state index contributed by atoms with van der Waals surface area (Å²) in [5.41, 5.74) is 2.31. The van der Waals surface area contributed by atoms with Crippen LogP contribution in [0, 0.1) is 17.3 Å². The van der Waals surface area contributed by atoms with Crippen molar-refractivity contribution < 1.29 is 18.9 Å². The summed E-state index contributed by atoms with van der Waals surface area (Å²) in [7, 11) is 1.77. The van der Waals surface area contributed by atoms with Gasteiger partial charge >= 0.3 is 0 Å². The highest BCUT2D eigenvalue weighted by atomic mass is 16.7. The Kier molecular flexibility index (Phi) is 3.57. The molecule has 5 heteroatoms. The number of rotatable bonds is 4. The summed E-state index contributed by atoms with van der Waals surface area (Å²) in [6, 6.07) is 4.97. The fourth-order valence-electron chi connectivity index (χ4n) is 9.24. The number of piperidine rings is 1. The summed E-state index contributed by atoms with van der Waals surface area (Å²) < 4.78 is 26.0. The SMILES string of the molecule is CCC1(C)OCOC23C=CC4(CC12)C1Cc2ccc(OC)c5c2C4(CCN1CC1CC1)C3O5. The molecular formula is C28H35NO4. The van der Waals surface area contributed by atoms with E-state index in [0.29, 0.717) is 12.8 Å². The number of hydrogen-bond donors (Lipinski definition) is 0. The van der Waals surface area contributed by atoms with Gasteiger partial charge in [0.15, 0.2) is 11.5 Å². The number of methoxy groups -OCH3 is 1. The van der Waals surface area contributed by atoms with E-state index in [9.17, 15) is 0 Å². The highest BCUT2D eigenvalue weighted by Crippen LogP contribution is 2.76. The minimum Gasteiger partial charge on any atom is -0.493 e. The molecule has 0 aromatic heterocycles. The maximum Gasteiger partial charge on any atom is 0.166 e. The molecule has 4 fully saturated rings. The maximum atomic E-state index is 7.08. The molecule has 8 aliphatic rings. The average Bonchev–Trinajstić information content (AvgIpc) is 3.57. The summed E-state index contributed by atoms with van der Waals surface area (Å²) in [6.45, 7) is 7.34. The molecule has 7 unspecified atom stereocenters. The van der Waals surface area contributed by atoms with Gasteiger partial charge in [0.2, 0.25) is 0 Å². The van der Waals surface area contributed by atoms with E-state index in [1.165, 1.54) is 30.5 Å². The first-order chi connectivity index (χ1) is 16.0. The third-order valence-corrected chi connectivity index (χ3v) is 11.1. The molecule has 3 heterocycles. The van der Waals surface area contributed by atoms with E-state index in [-0.39, 0.29) is 28.5 Å². The van der Waals surface area contributed by atoms with Gasteiger partial charge in [-0.05, 0) is 69.5 Å². The molecular weight excluding hydrogens is 414 g/mol. The van der Waals surface area contributed by atoms with Crippen LogP contribution < -0.4 is 9.47 Å². The first-order valence-corrected chi connectivity index (χ1v) is 13.1. The van der Waals surface area contributed by atoms with Crippen LogP contribution in [0.2, 0.25) is 0 Å². The Balaban J connectivity index is 1.40. The van der Waals surface area contributed by atoms with Crippen LogP contribution in [0.3, 0.4) is 0 Å². The zero-order valence-corrected chi connectivity index (χ0v) is 20.1. The van der Waals surface area contributed by atoms with Crippen LogP contribution in [0.25, 0.3) is 0 Å². The molecule has 176 valence electrons. The third-order valence-electron chi connectivity index (χ3n) is 11.1. The van der Waals surface area contributed by atoms with Gasteiger partial charge in [0.25, 0.3) is 0 Å². The van der Waals surface area contributed by atoms with Gasteiger partial charge in [-0.25, -0.2) is 0 Å². The summed E-state index contributed by atoms with van der Waals surface area (Å²) in [4.78, 5) is 2.86. The lowest BCUT2D eigenvalue weighted by atomic mass is 9.36. The van der Waals surface area contributed by atoms with Gasteiger partial charge in [-0.3, -0.25) is 4.90 Å². The van der Waals surface area contributed by atoms with Crippen molar-refractivity contribution in [3.63, 3.8) is 0 Å². The van der Waals surface area contributed by atoms with Gasteiger partial charge < -0.3 is 18.9 Å². The highest BCUT2D eigenvalue weighted by Gasteiger charge is 2.81. The average molecular weight is 450 g/mol. The zero-order valence-electron chi connectivity index (χ0n) is 20.1. The third kappa shape index (κ3) is 2.02. The van der Waals surface area contributed by atoms with E-state index < -0.39 is 5.60 Å². The maximum absolute atomic E-state index is 7.08. The first-order valence-electron chi connectivity index (χ1n) is 13.1. The van der Waals surface area contributed by atoms with Crippen LogP contribution in [0.15, 0.2) is 24.3 Å². The van der Waals surface area contributed by atoms with Gasteiger partial charge in [0.05, 0.1) is 18.1 Å². The Morgan fingerprint density at radius 2 is 2.06 bits per heavy atom. The van der Waals surface area contributed by atoms with Crippen molar-refractivity contribution in [2.24, 2.45) is 17.3 Å². The summed E-state index contributed by atoms with van der Waals surface area (Å²) in [6.07, 6.45) is 12.2. The Morgan fingerprint density at radius 3 is 2.85 bits per heavy atom. The van der Waals surface area contributed by atoms with Gasteiger partial charge in [-0.15, -0.1) is 0 Å². The Bertz CT molecular complexity index is 1080. The molecule has 7 atom stereocenters. The fraction of sp³-hybridized carbons (Fsp3) is 0.714. The fourth-order valence-corrected chi connectivity index (χ4v) is 9.24. The van der Waals surface area contributed by atoms with Crippen molar-refractivity contribution in [3.8, 4) is 11.5 Å². The number of ether oxygens (including phenoxy) is 4. The Hall–Kier alpha value is -1.56. The molecule has 2 saturated heterocycles. The van der Waals surface area contributed by atoms with Crippen molar-refractivity contribution in [2.45, 2.75) is 81.1 Å². The highest BCUT2D eigenvalue weighted by molar-refractivity contribution is 5.65. The van der Waals surface area contributed by atoms with Crippen molar-refractivity contribution in [3.05, 3.63) is 35.4 Å². The van der Waals surface area contributed by atoms with E-state index in [0.717, 1.165) is 49.6 Å². The van der Waals surface area contributed by atoms with Crippen LogP contribution in [0.5, 0.6) is 11.5 Å². The molecule has 1 aromatic rings. The van der Waals surface area contributed by atoms with E-state index in [1.54, 1.807) is 7.11 Å². The molecule has 33 heavy (non-hydrogen) atoms. The van der Waals surface area contributed by atoms with E-state index in [2.05, 4.69) is 43.0 Å². The number of benzene rings is 1. The predicted octanol–water partition coefficient (Wildman–Crippen LogP) is 4.22. The van der Waals surface area contributed by atoms with Crippen molar-refractivity contribution >= 4 is 0 Å². The molecule has 0 N–H and O–H groups in total. The normalized spacial score (nSPS) is 48.3. The van der Waals surface area contributed by atoms with Gasteiger partial charge in [-0.2, -0.15) is 0 Å². The topological polar surface area (TPSA) is 40.2 Å². The lowest BCUT2D eigenvalue weighted by Crippen LogP contribution is -2.82. The van der Waals surface area contributed by atoms with Crippen molar-refractivity contribution in [2.75, 3.05) is 27.0 Å². The number of likely N-dealkylation sites (tertiary alicyclic amines) is 1. The molecule has 3 aliphatic heterocycles. The molecule has 4 bridgehead atoms. The standard InChI is InChI=1S/C28H35NO4/c1-4-25(2)20-14-26-9-10-28(20,32-16-31-25)24-27(26)11-12-29(15-17-5-6-17)21(26)13-18-7-8-19(30-3)23(33-24)22(18)27/h7-10,17,20-21,24H,4-6,11-16H2,1-3H3. The Labute approximate surface area is 196 Å². The van der Waals surface area contributed by atoms with Crippen LogP contribution in [0.4, 0.5) is 0 Å². The first kappa shape index (κ1) is 19.7. The predicted molar refractivity (Wildman–Crippen MR) is 124 cm³/mol. The number of nitrogens with zero attached hydrogens (tertiary/aromatic N) is 1. The second-order valence-corrected chi connectivity index (χ2v) is 12.1. The lowest BCUT2D eigenvalue weighted by molar-refractivity contribution is -0.338. The van der Waals surface area contributed by atoms with Gasteiger partial charge in [0, 0.05) is 29.5 Å². The largest absolute Gasteiger partial charge is 0.493 e. The van der Waals surface area contributed by atoms with Gasteiger partial charge in [-0.1, -0.05) is 25.1 Å². The van der Waals surface area contributed by atoms with Crippen molar-refractivity contribution in [1.29, 1.82) is 0 Å². The molecule has 9 rings (SSSR count). The van der Waals surface area contributed by atoms with Crippen LogP contribution in [0.1, 0.15) is 57.1 Å². The van der Waals surface area contributed by atoms with Crippen LogP contribution in [-0.4, -0.2) is 55.2 Å². The second-order valence-electron chi connectivity index (χ2n) is 12.1. The molecule has 1 aromatic carbocycles. The van der Waals surface area contributed by atoms with E-state index >= 15 is 0 Å². The van der Waals surface area contributed by atoms with Crippen molar-refractivity contribution in [1.82, 2.24) is 4.90 Å². The summed E-state index contributed by atoms with van der Waals surface area (Å²) >= 11 is 0. The Morgan fingerprint density at radius 1 is 1.18 bits per heavy atom.